The van der Waals surface area contributed by atoms with Crippen LogP contribution in [0.5, 0.6) is 17.2 Å². The maximum Gasteiger partial charge on any atom is 0.274 e. The van der Waals surface area contributed by atoms with Crippen LogP contribution < -0.4 is 14.2 Å². The van der Waals surface area contributed by atoms with E-state index in [1.807, 2.05) is 23.1 Å². The van der Waals surface area contributed by atoms with Gasteiger partial charge in [0.15, 0.2) is 11.5 Å². The van der Waals surface area contributed by atoms with Crippen molar-refractivity contribution in [2.24, 2.45) is 5.92 Å². The van der Waals surface area contributed by atoms with E-state index in [9.17, 15) is 4.79 Å². The number of H-pyrrole nitrogens is 1. The molecule has 3 rings (SSSR count). The Labute approximate surface area is 178 Å². The summed E-state index contributed by atoms with van der Waals surface area (Å²) in [5.41, 5.74) is 2.54. The highest BCUT2D eigenvalue weighted by atomic mass is 16.5. The van der Waals surface area contributed by atoms with E-state index in [2.05, 4.69) is 28.9 Å². The van der Waals surface area contributed by atoms with Gasteiger partial charge >= 0.3 is 0 Å². The first-order chi connectivity index (χ1) is 14.5. The third-order valence-corrected chi connectivity index (χ3v) is 5.32. The molecule has 1 fully saturated rings. The number of carbonyl (C=O) groups is 1. The number of amides is 1. The minimum atomic E-state index is -0.00963. The molecule has 8 nitrogen and oxygen atoms in total. The molecule has 30 heavy (non-hydrogen) atoms. The molecule has 1 aliphatic rings. The van der Waals surface area contributed by atoms with E-state index in [1.165, 1.54) is 0 Å². The zero-order valence-corrected chi connectivity index (χ0v) is 18.5. The molecule has 0 bridgehead atoms. The molecule has 0 radical (unpaired) electrons. The molecule has 1 aromatic heterocycles. The summed E-state index contributed by atoms with van der Waals surface area (Å²) in [6.45, 7) is 7.91. The number of nitrogens with zero attached hydrogens (tertiary/aromatic N) is 3. The fourth-order valence-electron chi connectivity index (χ4n) is 3.82. The molecule has 0 unspecified atom stereocenters. The van der Waals surface area contributed by atoms with Crippen molar-refractivity contribution in [3.8, 4) is 17.2 Å². The van der Waals surface area contributed by atoms with Crippen LogP contribution in [0.2, 0.25) is 0 Å². The molecule has 1 N–H and O–H groups in total. The predicted molar refractivity (Wildman–Crippen MR) is 114 cm³/mol. The largest absolute Gasteiger partial charge is 0.493 e. The normalized spacial score (nSPS) is 14.8. The SMILES string of the molecule is COc1ccc(CN2CCN(C(=O)c3cc(CC(C)C)[nH]n3)CC2)c(OC)c1OC. The molecular formula is C22H32N4O4. The van der Waals surface area contributed by atoms with E-state index in [4.69, 9.17) is 14.2 Å². The molecular weight excluding hydrogens is 384 g/mol. The van der Waals surface area contributed by atoms with Gasteiger partial charge in [0.05, 0.1) is 21.3 Å². The second kappa shape index (κ2) is 9.84. The van der Waals surface area contributed by atoms with Gasteiger partial charge in [0.25, 0.3) is 5.91 Å². The lowest BCUT2D eigenvalue weighted by molar-refractivity contribution is 0.0621. The third kappa shape index (κ3) is 4.87. The molecule has 0 atom stereocenters. The number of methoxy groups -OCH3 is 3. The van der Waals surface area contributed by atoms with Gasteiger partial charge in [-0.3, -0.25) is 14.8 Å². The number of carbonyl (C=O) groups excluding carboxylic acids is 1. The number of nitrogens with one attached hydrogen (secondary N) is 1. The Kier molecular flexibility index (Phi) is 7.20. The van der Waals surface area contributed by atoms with E-state index in [1.54, 1.807) is 21.3 Å². The van der Waals surface area contributed by atoms with Crippen molar-refractivity contribution in [3.05, 3.63) is 35.2 Å². The minimum Gasteiger partial charge on any atom is -0.493 e. The summed E-state index contributed by atoms with van der Waals surface area (Å²) < 4.78 is 16.4. The van der Waals surface area contributed by atoms with Crippen molar-refractivity contribution in [3.63, 3.8) is 0 Å². The summed E-state index contributed by atoms with van der Waals surface area (Å²) in [6.07, 6.45) is 0.890. The van der Waals surface area contributed by atoms with Gasteiger partial charge in [-0.15, -0.1) is 0 Å². The standard InChI is InChI=1S/C22H32N4O4/c1-15(2)12-17-13-18(24-23-17)22(27)26-10-8-25(9-11-26)14-16-6-7-19(28-3)21(30-5)20(16)29-4/h6-7,13,15H,8-12,14H2,1-5H3,(H,23,24). The van der Waals surface area contributed by atoms with Gasteiger partial charge in [-0.1, -0.05) is 19.9 Å². The topological polar surface area (TPSA) is 79.9 Å². The van der Waals surface area contributed by atoms with Crippen LogP contribution >= 0.6 is 0 Å². The van der Waals surface area contributed by atoms with Crippen LogP contribution in [0.3, 0.4) is 0 Å². The Morgan fingerprint density at radius 2 is 1.77 bits per heavy atom. The minimum absolute atomic E-state index is 0.00963. The zero-order valence-electron chi connectivity index (χ0n) is 18.5. The maximum absolute atomic E-state index is 12.8. The van der Waals surface area contributed by atoms with Crippen molar-refractivity contribution >= 4 is 5.91 Å². The summed E-state index contributed by atoms with van der Waals surface area (Å²) in [7, 11) is 4.85. The average Bonchev–Trinajstić information content (AvgIpc) is 3.21. The van der Waals surface area contributed by atoms with Crippen molar-refractivity contribution in [2.75, 3.05) is 47.5 Å². The van der Waals surface area contributed by atoms with Crippen LogP contribution in [-0.4, -0.2) is 73.4 Å². The van der Waals surface area contributed by atoms with Gasteiger partial charge in [0, 0.05) is 44.0 Å². The lowest BCUT2D eigenvalue weighted by Crippen LogP contribution is -2.48. The molecule has 1 amide bonds. The van der Waals surface area contributed by atoms with Gasteiger partial charge in [-0.2, -0.15) is 5.10 Å². The summed E-state index contributed by atoms with van der Waals surface area (Å²) in [5.74, 6) is 2.44. The van der Waals surface area contributed by atoms with Crippen molar-refractivity contribution in [2.45, 2.75) is 26.8 Å². The van der Waals surface area contributed by atoms with Gasteiger partial charge in [-0.25, -0.2) is 0 Å². The van der Waals surface area contributed by atoms with E-state index >= 15 is 0 Å². The third-order valence-electron chi connectivity index (χ3n) is 5.32. The smallest absolute Gasteiger partial charge is 0.274 e. The molecule has 1 saturated heterocycles. The number of aromatic amines is 1. The zero-order chi connectivity index (χ0) is 21.7. The summed E-state index contributed by atoms with van der Waals surface area (Å²) in [4.78, 5) is 17.0. The molecule has 0 aliphatic carbocycles. The Hall–Kier alpha value is -2.74. The van der Waals surface area contributed by atoms with Gasteiger partial charge in [0.1, 0.15) is 5.69 Å². The van der Waals surface area contributed by atoms with Gasteiger partial charge < -0.3 is 19.1 Å². The predicted octanol–water partition coefficient (Wildman–Crippen LogP) is 2.59. The van der Waals surface area contributed by atoms with E-state index < -0.39 is 0 Å². The number of ether oxygens (including phenoxy) is 3. The molecule has 8 heteroatoms. The monoisotopic (exact) mass is 416 g/mol. The number of piperazine rings is 1. The number of hydrogen-bond acceptors (Lipinski definition) is 6. The van der Waals surface area contributed by atoms with Crippen LogP contribution in [0.25, 0.3) is 0 Å². The first kappa shape index (κ1) is 22.0. The summed E-state index contributed by atoms with van der Waals surface area (Å²) >= 11 is 0. The second-order valence-corrected chi connectivity index (χ2v) is 7.94. The molecule has 1 aromatic carbocycles. The highest BCUT2D eigenvalue weighted by molar-refractivity contribution is 5.92. The Morgan fingerprint density at radius 1 is 1.07 bits per heavy atom. The first-order valence-corrected chi connectivity index (χ1v) is 10.3. The van der Waals surface area contributed by atoms with Crippen LogP contribution in [-0.2, 0) is 13.0 Å². The van der Waals surface area contributed by atoms with E-state index in [0.717, 1.165) is 30.8 Å². The Bertz CT molecular complexity index is 857. The van der Waals surface area contributed by atoms with Crippen LogP contribution in [0.15, 0.2) is 18.2 Å². The van der Waals surface area contributed by atoms with Crippen molar-refractivity contribution in [1.29, 1.82) is 0 Å². The summed E-state index contributed by atoms with van der Waals surface area (Å²) in [5, 5.41) is 7.20. The van der Waals surface area contributed by atoms with Crippen LogP contribution in [0.4, 0.5) is 0 Å². The number of rotatable bonds is 8. The quantitative estimate of drug-likeness (QED) is 0.713. The maximum atomic E-state index is 12.8. The van der Waals surface area contributed by atoms with Crippen molar-refractivity contribution in [1.82, 2.24) is 20.0 Å². The highest BCUT2D eigenvalue weighted by Gasteiger charge is 2.25. The molecule has 164 valence electrons. The van der Waals surface area contributed by atoms with Crippen LogP contribution in [0.1, 0.15) is 35.6 Å². The molecule has 0 saturated carbocycles. The number of hydrogen-bond donors (Lipinski definition) is 1. The van der Waals surface area contributed by atoms with E-state index in [0.29, 0.717) is 48.5 Å². The lowest BCUT2D eigenvalue weighted by Gasteiger charge is -2.34. The second-order valence-electron chi connectivity index (χ2n) is 7.94. The fourth-order valence-corrected chi connectivity index (χ4v) is 3.82. The summed E-state index contributed by atoms with van der Waals surface area (Å²) in [6, 6.07) is 5.77. The Morgan fingerprint density at radius 3 is 2.37 bits per heavy atom. The fraction of sp³-hybridized carbons (Fsp3) is 0.545. The van der Waals surface area contributed by atoms with Gasteiger partial charge in [-0.05, 0) is 24.5 Å². The molecule has 2 heterocycles. The highest BCUT2D eigenvalue weighted by Crippen LogP contribution is 2.40. The Balaban J connectivity index is 1.61. The number of benzene rings is 1. The van der Waals surface area contributed by atoms with Crippen molar-refractivity contribution < 1.29 is 19.0 Å². The molecule has 2 aromatic rings. The van der Waals surface area contributed by atoms with E-state index in [-0.39, 0.29) is 5.91 Å². The molecule has 0 spiro atoms. The average molecular weight is 417 g/mol. The molecule has 1 aliphatic heterocycles. The van der Waals surface area contributed by atoms with Crippen LogP contribution in [0, 0.1) is 5.92 Å². The first-order valence-electron chi connectivity index (χ1n) is 10.3. The lowest BCUT2D eigenvalue weighted by atomic mass is 10.1. The number of aromatic nitrogens is 2. The van der Waals surface area contributed by atoms with Gasteiger partial charge in [0.2, 0.25) is 5.75 Å².